The Balaban J connectivity index is 2.25. The van der Waals surface area contributed by atoms with E-state index in [1.807, 2.05) is 4.98 Å². The van der Waals surface area contributed by atoms with E-state index in [2.05, 4.69) is 4.98 Å². The van der Waals surface area contributed by atoms with Crippen LogP contribution in [0.15, 0.2) is 40.2 Å². The number of nitrogens with one attached hydrogen (secondary N) is 1. The molecule has 0 aliphatic carbocycles. The highest BCUT2D eigenvalue weighted by atomic mass is 19.4. The highest BCUT2D eigenvalue weighted by molar-refractivity contribution is 5.24. The van der Waals surface area contributed by atoms with Gasteiger partial charge in [-0.25, -0.2) is 9.59 Å². The summed E-state index contributed by atoms with van der Waals surface area (Å²) in [6.07, 6.45) is -3.35. The van der Waals surface area contributed by atoms with E-state index in [0.717, 1.165) is 23.0 Å². The van der Waals surface area contributed by atoms with E-state index in [4.69, 9.17) is 0 Å². The minimum atomic E-state index is -4.39. The second kappa shape index (κ2) is 4.71. The molecule has 2 rings (SSSR count). The molecule has 0 saturated heterocycles. The van der Waals surface area contributed by atoms with Crippen molar-refractivity contribution in [1.29, 1.82) is 0 Å². The van der Waals surface area contributed by atoms with E-state index in [-0.39, 0.29) is 6.54 Å². The molecule has 1 aromatic carbocycles. The molecule has 1 heterocycles. The third kappa shape index (κ3) is 3.09. The normalized spacial score (nSPS) is 11.5. The third-order valence-electron chi connectivity index (χ3n) is 2.42. The van der Waals surface area contributed by atoms with Crippen LogP contribution in [-0.4, -0.2) is 14.5 Å². The van der Waals surface area contributed by atoms with Gasteiger partial charge in [0.05, 0.1) is 12.1 Å². The van der Waals surface area contributed by atoms with Gasteiger partial charge in [-0.3, -0.25) is 9.55 Å². The molecule has 0 radical (unpaired) electrons. The fraction of sp³-hybridized carbons (Fsp3) is 0.182. The lowest BCUT2D eigenvalue weighted by atomic mass is 10.1. The first-order valence-electron chi connectivity index (χ1n) is 5.18. The fourth-order valence-electron chi connectivity index (χ4n) is 1.48. The molecule has 1 N–H and O–H groups in total. The van der Waals surface area contributed by atoms with Crippen LogP contribution in [0.25, 0.3) is 0 Å². The lowest BCUT2D eigenvalue weighted by Gasteiger charge is -2.08. The molecule has 2 aromatic rings. The summed E-state index contributed by atoms with van der Waals surface area (Å²) in [5.74, 6) is 0. The number of aromatic nitrogens is 3. The van der Waals surface area contributed by atoms with E-state index >= 15 is 0 Å². The second-order valence-corrected chi connectivity index (χ2v) is 3.80. The average Bonchev–Trinajstić information content (AvgIpc) is 2.32. The van der Waals surface area contributed by atoms with Gasteiger partial charge in [0.1, 0.15) is 6.33 Å². The Morgan fingerprint density at radius 3 is 2.32 bits per heavy atom. The van der Waals surface area contributed by atoms with Crippen molar-refractivity contribution in [3.05, 3.63) is 62.7 Å². The highest BCUT2D eigenvalue weighted by Crippen LogP contribution is 2.29. The Labute approximate surface area is 104 Å². The summed E-state index contributed by atoms with van der Waals surface area (Å²) in [5, 5.41) is 0. The fourth-order valence-corrected chi connectivity index (χ4v) is 1.48. The maximum atomic E-state index is 12.4. The van der Waals surface area contributed by atoms with Crippen molar-refractivity contribution in [2.75, 3.05) is 0 Å². The Hall–Kier alpha value is -2.38. The summed E-state index contributed by atoms with van der Waals surface area (Å²) >= 11 is 0. The standard InChI is InChI=1S/C11H8F3N3O2/c12-11(13,14)8-3-1-7(2-4-8)5-17-6-15-9(18)16-10(17)19/h1-4,6H,5H2,(H,16,18,19). The summed E-state index contributed by atoms with van der Waals surface area (Å²) in [6.45, 7) is 0.0285. The van der Waals surface area contributed by atoms with Crippen LogP contribution in [0, 0.1) is 0 Å². The summed E-state index contributed by atoms with van der Waals surface area (Å²) in [6, 6.07) is 4.39. The summed E-state index contributed by atoms with van der Waals surface area (Å²) < 4.78 is 38.1. The topological polar surface area (TPSA) is 67.8 Å². The van der Waals surface area contributed by atoms with Crippen molar-refractivity contribution in [3.8, 4) is 0 Å². The smallest absolute Gasteiger partial charge is 0.280 e. The minimum absolute atomic E-state index is 0.0285. The Morgan fingerprint density at radius 1 is 1.16 bits per heavy atom. The monoisotopic (exact) mass is 271 g/mol. The zero-order valence-electron chi connectivity index (χ0n) is 9.44. The number of hydrogen-bond acceptors (Lipinski definition) is 3. The lowest BCUT2D eigenvalue weighted by molar-refractivity contribution is -0.137. The van der Waals surface area contributed by atoms with E-state index in [0.29, 0.717) is 5.56 Å². The first-order chi connectivity index (χ1) is 8.86. The van der Waals surface area contributed by atoms with Crippen LogP contribution in [0.1, 0.15) is 11.1 Å². The van der Waals surface area contributed by atoms with Crippen molar-refractivity contribution in [2.24, 2.45) is 0 Å². The van der Waals surface area contributed by atoms with Gasteiger partial charge in [0.25, 0.3) is 0 Å². The van der Waals surface area contributed by atoms with Crippen LogP contribution >= 0.6 is 0 Å². The van der Waals surface area contributed by atoms with Gasteiger partial charge >= 0.3 is 17.6 Å². The van der Waals surface area contributed by atoms with Crippen LogP contribution in [0.3, 0.4) is 0 Å². The molecular weight excluding hydrogens is 263 g/mol. The maximum absolute atomic E-state index is 12.4. The lowest BCUT2D eigenvalue weighted by Crippen LogP contribution is -2.31. The van der Waals surface area contributed by atoms with E-state index in [9.17, 15) is 22.8 Å². The maximum Gasteiger partial charge on any atom is 0.416 e. The van der Waals surface area contributed by atoms with E-state index in [1.165, 1.54) is 12.1 Å². The molecule has 1 aromatic heterocycles. The molecule has 5 nitrogen and oxygen atoms in total. The van der Waals surface area contributed by atoms with Crippen molar-refractivity contribution < 1.29 is 13.2 Å². The second-order valence-electron chi connectivity index (χ2n) is 3.80. The average molecular weight is 271 g/mol. The number of hydrogen-bond donors (Lipinski definition) is 1. The van der Waals surface area contributed by atoms with Crippen molar-refractivity contribution in [2.45, 2.75) is 12.7 Å². The van der Waals surface area contributed by atoms with Gasteiger partial charge in [-0.15, -0.1) is 0 Å². The van der Waals surface area contributed by atoms with E-state index in [1.54, 1.807) is 0 Å². The molecule has 0 aliphatic heterocycles. The molecule has 0 saturated carbocycles. The largest absolute Gasteiger partial charge is 0.416 e. The molecular formula is C11H8F3N3O2. The molecule has 0 atom stereocenters. The van der Waals surface area contributed by atoms with Gasteiger partial charge in [0, 0.05) is 0 Å². The predicted molar refractivity (Wildman–Crippen MR) is 59.7 cm³/mol. The number of alkyl halides is 3. The minimum Gasteiger partial charge on any atom is -0.280 e. The summed E-state index contributed by atoms with van der Waals surface area (Å²) in [7, 11) is 0. The Kier molecular flexibility index (Phi) is 3.24. The molecule has 0 unspecified atom stereocenters. The SMILES string of the molecule is O=c1ncn(Cc2ccc(C(F)(F)F)cc2)c(=O)[nH]1. The van der Waals surface area contributed by atoms with Crippen molar-refractivity contribution in [3.63, 3.8) is 0 Å². The molecule has 0 aliphatic rings. The summed E-state index contributed by atoms with van der Waals surface area (Å²) in [4.78, 5) is 27.4. The van der Waals surface area contributed by atoms with Gasteiger partial charge in [-0.1, -0.05) is 12.1 Å². The van der Waals surface area contributed by atoms with Crippen LogP contribution in [0.5, 0.6) is 0 Å². The zero-order chi connectivity index (χ0) is 14.0. The van der Waals surface area contributed by atoms with Gasteiger partial charge in [0.2, 0.25) is 0 Å². The third-order valence-corrected chi connectivity index (χ3v) is 2.42. The molecule has 0 amide bonds. The quantitative estimate of drug-likeness (QED) is 0.886. The van der Waals surface area contributed by atoms with Crippen LogP contribution in [0.4, 0.5) is 13.2 Å². The predicted octanol–water partition coefficient (Wildman–Crippen LogP) is 0.999. The number of aromatic amines is 1. The molecule has 8 heteroatoms. The van der Waals surface area contributed by atoms with Crippen molar-refractivity contribution >= 4 is 0 Å². The summed E-state index contributed by atoms with van der Waals surface area (Å²) in [5.41, 5.74) is -1.71. The van der Waals surface area contributed by atoms with Crippen molar-refractivity contribution in [1.82, 2.24) is 14.5 Å². The number of H-pyrrole nitrogens is 1. The van der Waals surface area contributed by atoms with Crippen LogP contribution in [0.2, 0.25) is 0 Å². The van der Waals surface area contributed by atoms with Gasteiger partial charge in [-0.2, -0.15) is 18.2 Å². The number of nitrogens with zero attached hydrogens (tertiary/aromatic N) is 2. The molecule has 19 heavy (non-hydrogen) atoms. The number of rotatable bonds is 2. The Bertz CT molecular complexity index is 686. The Morgan fingerprint density at radius 2 is 1.79 bits per heavy atom. The molecule has 100 valence electrons. The highest BCUT2D eigenvalue weighted by Gasteiger charge is 2.29. The first-order valence-corrected chi connectivity index (χ1v) is 5.18. The first kappa shape index (κ1) is 13.1. The van der Waals surface area contributed by atoms with Gasteiger partial charge in [0.15, 0.2) is 0 Å². The van der Waals surface area contributed by atoms with Crippen LogP contribution < -0.4 is 11.4 Å². The number of halogens is 3. The van der Waals surface area contributed by atoms with E-state index < -0.39 is 23.1 Å². The van der Waals surface area contributed by atoms with Gasteiger partial charge < -0.3 is 0 Å². The molecule has 0 fully saturated rings. The molecule has 0 bridgehead atoms. The zero-order valence-corrected chi connectivity index (χ0v) is 9.44. The van der Waals surface area contributed by atoms with Crippen LogP contribution in [-0.2, 0) is 12.7 Å². The molecule has 0 spiro atoms. The number of benzene rings is 1. The van der Waals surface area contributed by atoms with Gasteiger partial charge in [-0.05, 0) is 17.7 Å².